The van der Waals surface area contributed by atoms with E-state index in [1.807, 2.05) is 0 Å². The maximum Gasteiger partial charge on any atom is 0.107 e. The van der Waals surface area contributed by atoms with Crippen molar-refractivity contribution in [3.8, 4) is 0 Å². The van der Waals surface area contributed by atoms with Crippen molar-refractivity contribution in [1.82, 2.24) is 4.98 Å². The summed E-state index contributed by atoms with van der Waals surface area (Å²) in [5.41, 5.74) is 6.91. The van der Waals surface area contributed by atoms with Crippen molar-refractivity contribution in [3.63, 3.8) is 0 Å². The van der Waals surface area contributed by atoms with Crippen LogP contribution in [0.3, 0.4) is 0 Å². The highest BCUT2D eigenvalue weighted by Crippen LogP contribution is 2.29. The Morgan fingerprint density at radius 3 is 3.06 bits per heavy atom. The molecule has 1 fully saturated rings. The third kappa shape index (κ3) is 1.91. The number of hydrogen-bond donors (Lipinski definition) is 2. The third-order valence-electron chi connectivity index (χ3n) is 3.70. The lowest BCUT2D eigenvalue weighted by Crippen LogP contribution is -2.31. The van der Waals surface area contributed by atoms with Gasteiger partial charge in [-0.1, -0.05) is 18.2 Å². The van der Waals surface area contributed by atoms with Gasteiger partial charge in [0, 0.05) is 23.5 Å². The molecular weight excluding hydrogens is 210 g/mol. The van der Waals surface area contributed by atoms with E-state index >= 15 is 0 Å². The second kappa shape index (κ2) is 4.41. The highest BCUT2D eigenvalue weighted by atomic mass is 15.2. The standard InChI is InChI=1S/C14H19N3/c15-8-7-12-5-3-9-17(12)14-10-11-4-1-2-6-13(11)16-14/h1-2,4,6,10,12,16H,3,5,7-9,15H2. The molecule has 0 radical (unpaired) electrons. The number of H-pyrrole nitrogens is 1. The molecule has 1 aromatic carbocycles. The van der Waals surface area contributed by atoms with Gasteiger partial charge in [0.1, 0.15) is 5.82 Å². The largest absolute Gasteiger partial charge is 0.355 e. The minimum Gasteiger partial charge on any atom is -0.355 e. The molecule has 17 heavy (non-hydrogen) atoms. The molecule has 1 unspecified atom stereocenters. The van der Waals surface area contributed by atoms with Crippen LogP contribution in [0.2, 0.25) is 0 Å². The highest BCUT2D eigenvalue weighted by molar-refractivity contribution is 5.84. The molecule has 0 aliphatic carbocycles. The van der Waals surface area contributed by atoms with Crippen LogP contribution in [-0.2, 0) is 0 Å². The fraction of sp³-hybridized carbons (Fsp3) is 0.429. The predicted octanol–water partition coefficient (Wildman–Crippen LogP) is 2.49. The number of para-hydroxylation sites is 1. The summed E-state index contributed by atoms with van der Waals surface area (Å²) in [5, 5.41) is 1.29. The molecule has 0 bridgehead atoms. The summed E-state index contributed by atoms with van der Waals surface area (Å²) in [6, 6.07) is 11.3. The Bertz CT molecular complexity index is 470. The topological polar surface area (TPSA) is 45.0 Å². The Balaban J connectivity index is 1.92. The summed E-state index contributed by atoms with van der Waals surface area (Å²) in [6.45, 7) is 1.93. The Kier molecular flexibility index (Phi) is 2.77. The maximum atomic E-state index is 5.69. The van der Waals surface area contributed by atoms with Crippen LogP contribution in [0.15, 0.2) is 30.3 Å². The Labute approximate surface area is 102 Å². The first-order valence-electron chi connectivity index (χ1n) is 6.43. The Hall–Kier alpha value is -1.48. The van der Waals surface area contributed by atoms with Gasteiger partial charge in [-0.3, -0.25) is 0 Å². The van der Waals surface area contributed by atoms with Gasteiger partial charge in [0.25, 0.3) is 0 Å². The first kappa shape index (κ1) is 10.7. The van der Waals surface area contributed by atoms with Crippen molar-refractivity contribution in [1.29, 1.82) is 0 Å². The lowest BCUT2D eigenvalue weighted by Gasteiger charge is -2.24. The number of anilines is 1. The Morgan fingerprint density at radius 1 is 1.35 bits per heavy atom. The van der Waals surface area contributed by atoms with E-state index in [9.17, 15) is 0 Å². The molecule has 2 aromatic rings. The predicted molar refractivity (Wildman–Crippen MR) is 72.3 cm³/mol. The molecule has 1 aliphatic heterocycles. The van der Waals surface area contributed by atoms with Crippen molar-refractivity contribution in [2.45, 2.75) is 25.3 Å². The van der Waals surface area contributed by atoms with Gasteiger partial charge in [0.2, 0.25) is 0 Å². The van der Waals surface area contributed by atoms with Crippen LogP contribution < -0.4 is 10.6 Å². The number of rotatable bonds is 3. The van der Waals surface area contributed by atoms with Crippen molar-refractivity contribution >= 4 is 16.7 Å². The van der Waals surface area contributed by atoms with Crippen molar-refractivity contribution < 1.29 is 0 Å². The quantitative estimate of drug-likeness (QED) is 0.849. The van der Waals surface area contributed by atoms with Crippen LogP contribution in [0.1, 0.15) is 19.3 Å². The van der Waals surface area contributed by atoms with E-state index in [2.05, 4.69) is 40.2 Å². The number of nitrogens with one attached hydrogen (secondary N) is 1. The first-order chi connectivity index (χ1) is 8.38. The number of nitrogens with zero attached hydrogens (tertiary/aromatic N) is 1. The molecule has 3 heteroatoms. The average molecular weight is 229 g/mol. The zero-order valence-electron chi connectivity index (χ0n) is 10.0. The summed E-state index contributed by atoms with van der Waals surface area (Å²) < 4.78 is 0. The van der Waals surface area contributed by atoms with E-state index in [4.69, 9.17) is 5.73 Å². The van der Waals surface area contributed by atoms with E-state index in [0.29, 0.717) is 6.04 Å². The minimum atomic E-state index is 0.619. The molecule has 1 aliphatic rings. The monoisotopic (exact) mass is 229 g/mol. The Morgan fingerprint density at radius 2 is 2.24 bits per heavy atom. The second-order valence-corrected chi connectivity index (χ2v) is 4.81. The number of aromatic amines is 1. The smallest absolute Gasteiger partial charge is 0.107 e. The van der Waals surface area contributed by atoms with Gasteiger partial charge in [-0.05, 0) is 37.9 Å². The van der Waals surface area contributed by atoms with Crippen LogP contribution in [0.5, 0.6) is 0 Å². The molecule has 1 atom stereocenters. The van der Waals surface area contributed by atoms with Crippen LogP contribution >= 0.6 is 0 Å². The summed E-state index contributed by atoms with van der Waals surface area (Å²) >= 11 is 0. The fourth-order valence-corrected chi connectivity index (χ4v) is 2.86. The van der Waals surface area contributed by atoms with Crippen molar-refractivity contribution in [2.75, 3.05) is 18.0 Å². The normalized spacial score (nSPS) is 20.3. The number of hydrogen-bond acceptors (Lipinski definition) is 2. The van der Waals surface area contributed by atoms with Gasteiger partial charge in [-0.25, -0.2) is 0 Å². The van der Waals surface area contributed by atoms with Crippen LogP contribution in [0.25, 0.3) is 10.9 Å². The minimum absolute atomic E-state index is 0.619. The molecule has 2 heterocycles. The number of aromatic nitrogens is 1. The summed E-state index contributed by atoms with van der Waals surface area (Å²) in [4.78, 5) is 5.99. The van der Waals surface area contributed by atoms with E-state index in [1.165, 1.54) is 29.6 Å². The van der Waals surface area contributed by atoms with E-state index < -0.39 is 0 Å². The summed E-state index contributed by atoms with van der Waals surface area (Å²) in [7, 11) is 0. The van der Waals surface area contributed by atoms with Gasteiger partial charge in [0.15, 0.2) is 0 Å². The molecule has 0 saturated carbocycles. The van der Waals surface area contributed by atoms with Crippen LogP contribution in [0.4, 0.5) is 5.82 Å². The molecule has 0 spiro atoms. The molecule has 3 nitrogen and oxygen atoms in total. The van der Waals surface area contributed by atoms with E-state index in [-0.39, 0.29) is 0 Å². The maximum absolute atomic E-state index is 5.69. The first-order valence-corrected chi connectivity index (χ1v) is 6.43. The fourth-order valence-electron chi connectivity index (χ4n) is 2.86. The SMILES string of the molecule is NCCC1CCCN1c1cc2ccccc2[nH]1. The van der Waals surface area contributed by atoms with Gasteiger partial charge < -0.3 is 15.6 Å². The molecule has 1 saturated heterocycles. The highest BCUT2D eigenvalue weighted by Gasteiger charge is 2.24. The number of nitrogens with two attached hydrogens (primary N) is 1. The van der Waals surface area contributed by atoms with Crippen molar-refractivity contribution in [3.05, 3.63) is 30.3 Å². The molecule has 90 valence electrons. The average Bonchev–Trinajstić information content (AvgIpc) is 2.94. The number of fused-ring (bicyclic) bond motifs is 1. The zero-order valence-corrected chi connectivity index (χ0v) is 10.0. The van der Waals surface area contributed by atoms with Crippen LogP contribution in [-0.4, -0.2) is 24.1 Å². The molecule has 3 N–H and O–H groups in total. The lowest BCUT2D eigenvalue weighted by atomic mass is 10.1. The van der Waals surface area contributed by atoms with Gasteiger partial charge in [-0.15, -0.1) is 0 Å². The van der Waals surface area contributed by atoms with Gasteiger partial charge in [0.05, 0.1) is 0 Å². The lowest BCUT2D eigenvalue weighted by molar-refractivity contribution is 0.615. The zero-order chi connectivity index (χ0) is 11.7. The second-order valence-electron chi connectivity index (χ2n) is 4.81. The van der Waals surface area contributed by atoms with E-state index in [1.54, 1.807) is 0 Å². The van der Waals surface area contributed by atoms with Crippen molar-refractivity contribution in [2.24, 2.45) is 5.73 Å². The molecular formula is C14H19N3. The van der Waals surface area contributed by atoms with E-state index in [0.717, 1.165) is 19.5 Å². The van der Waals surface area contributed by atoms with Crippen LogP contribution in [0, 0.1) is 0 Å². The molecule has 0 amide bonds. The number of benzene rings is 1. The van der Waals surface area contributed by atoms with Gasteiger partial charge >= 0.3 is 0 Å². The molecule has 1 aromatic heterocycles. The van der Waals surface area contributed by atoms with Gasteiger partial charge in [-0.2, -0.15) is 0 Å². The summed E-state index contributed by atoms with van der Waals surface area (Å²) in [5.74, 6) is 1.25. The third-order valence-corrected chi connectivity index (χ3v) is 3.70. The molecule has 3 rings (SSSR count). The summed E-state index contributed by atoms with van der Waals surface area (Å²) in [6.07, 6.45) is 3.64.